The van der Waals surface area contributed by atoms with Crippen LogP contribution < -0.4 is 10.1 Å². The van der Waals surface area contributed by atoms with E-state index >= 15 is 0 Å². The molecule has 0 atom stereocenters. The van der Waals surface area contributed by atoms with Crippen LogP contribution in [0.3, 0.4) is 0 Å². The number of carbonyl (C=O) groups excluding carboxylic acids is 2. The molecular weight excluding hydrogens is 396 g/mol. The summed E-state index contributed by atoms with van der Waals surface area (Å²) in [5, 5.41) is 2.76. The van der Waals surface area contributed by atoms with Crippen molar-refractivity contribution in [3.05, 3.63) is 53.5 Å². The van der Waals surface area contributed by atoms with Gasteiger partial charge in [-0.25, -0.2) is 0 Å². The summed E-state index contributed by atoms with van der Waals surface area (Å²) in [6.45, 7) is 7.01. The molecule has 2 aromatic rings. The zero-order valence-corrected chi connectivity index (χ0v) is 18.6. The maximum atomic E-state index is 12.5. The van der Waals surface area contributed by atoms with Crippen LogP contribution in [-0.2, 0) is 22.7 Å². The predicted octanol–water partition coefficient (Wildman–Crippen LogP) is 1.49. The number of amides is 2. The monoisotopic (exact) mass is 428 g/mol. The van der Waals surface area contributed by atoms with Gasteiger partial charge in [0.05, 0.1) is 33.0 Å². The lowest BCUT2D eigenvalue weighted by Crippen LogP contribution is -2.50. The molecule has 31 heavy (non-hydrogen) atoms. The third kappa shape index (κ3) is 6.83. The Labute approximate surface area is 183 Å². The Morgan fingerprint density at radius 2 is 1.90 bits per heavy atom. The second-order valence-corrected chi connectivity index (χ2v) is 7.97. The number of nitrogens with one attached hydrogen (secondary N) is 1. The van der Waals surface area contributed by atoms with E-state index in [4.69, 9.17) is 9.15 Å². The molecule has 0 saturated carbocycles. The van der Waals surface area contributed by atoms with E-state index in [1.807, 2.05) is 6.07 Å². The van der Waals surface area contributed by atoms with Crippen molar-refractivity contribution in [1.82, 2.24) is 20.0 Å². The van der Waals surface area contributed by atoms with Gasteiger partial charge >= 0.3 is 0 Å². The largest absolute Gasteiger partial charge is 0.496 e. The highest BCUT2D eigenvalue weighted by atomic mass is 16.5. The van der Waals surface area contributed by atoms with Crippen LogP contribution in [0.2, 0.25) is 0 Å². The van der Waals surface area contributed by atoms with Crippen LogP contribution in [0.15, 0.2) is 41.0 Å². The number of likely N-dealkylation sites (N-methyl/N-ethyl adjacent to an activating group) is 1. The molecule has 1 aromatic carbocycles. The number of carbonyl (C=O) groups is 2. The predicted molar refractivity (Wildman–Crippen MR) is 118 cm³/mol. The number of furan rings is 1. The van der Waals surface area contributed by atoms with Gasteiger partial charge in [0.25, 0.3) is 0 Å². The maximum Gasteiger partial charge on any atom is 0.239 e. The SMILES string of the molecule is COc1ccc(C)cc1CN1CCN(CC(=O)N(C)CC(=O)NCc2ccco2)CC1. The molecule has 0 spiro atoms. The van der Waals surface area contributed by atoms with E-state index in [2.05, 4.69) is 34.2 Å². The molecule has 8 nitrogen and oxygen atoms in total. The van der Waals surface area contributed by atoms with Crippen LogP contribution in [0.5, 0.6) is 5.75 Å². The van der Waals surface area contributed by atoms with Crippen molar-refractivity contribution in [1.29, 1.82) is 0 Å². The summed E-state index contributed by atoms with van der Waals surface area (Å²) in [5.41, 5.74) is 2.41. The van der Waals surface area contributed by atoms with Crippen molar-refractivity contribution in [2.75, 3.05) is 53.4 Å². The number of hydrogen-bond acceptors (Lipinski definition) is 6. The lowest BCUT2D eigenvalue weighted by atomic mass is 10.1. The van der Waals surface area contributed by atoms with Crippen molar-refractivity contribution in [3.63, 3.8) is 0 Å². The van der Waals surface area contributed by atoms with Crippen LogP contribution in [0.25, 0.3) is 0 Å². The highest BCUT2D eigenvalue weighted by Gasteiger charge is 2.22. The highest BCUT2D eigenvalue weighted by molar-refractivity contribution is 5.85. The minimum Gasteiger partial charge on any atom is -0.496 e. The van der Waals surface area contributed by atoms with Gasteiger partial charge in [0.2, 0.25) is 11.8 Å². The first-order valence-electron chi connectivity index (χ1n) is 10.6. The first kappa shape index (κ1) is 22.8. The van der Waals surface area contributed by atoms with Gasteiger partial charge < -0.3 is 19.4 Å². The molecule has 1 saturated heterocycles. The summed E-state index contributed by atoms with van der Waals surface area (Å²) in [6.07, 6.45) is 1.56. The average molecular weight is 429 g/mol. The summed E-state index contributed by atoms with van der Waals surface area (Å²) in [7, 11) is 3.36. The molecule has 0 bridgehead atoms. The molecular formula is C23H32N4O4. The Morgan fingerprint density at radius 3 is 2.58 bits per heavy atom. The third-order valence-electron chi connectivity index (χ3n) is 5.50. The summed E-state index contributed by atoms with van der Waals surface area (Å²) in [4.78, 5) is 30.6. The van der Waals surface area contributed by atoms with E-state index in [-0.39, 0.29) is 18.4 Å². The van der Waals surface area contributed by atoms with Gasteiger partial charge in [0.15, 0.2) is 0 Å². The van der Waals surface area contributed by atoms with Crippen molar-refractivity contribution in [2.45, 2.75) is 20.0 Å². The number of ether oxygens (including phenoxy) is 1. The number of hydrogen-bond donors (Lipinski definition) is 1. The first-order chi connectivity index (χ1) is 14.9. The summed E-state index contributed by atoms with van der Waals surface area (Å²) in [5.74, 6) is 1.34. The van der Waals surface area contributed by atoms with Gasteiger partial charge in [0, 0.05) is 45.3 Å². The average Bonchev–Trinajstić information content (AvgIpc) is 3.27. The molecule has 0 unspecified atom stereocenters. The molecule has 3 rings (SSSR count). The van der Waals surface area contributed by atoms with Crippen molar-refractivity contribution in [3.8, 4) is 5.75 Å². The number of rotatable bonds is 9. The van der Waals surface area contributed by atoms with E-state index in [1.165, 1.54) is 16.0 Å². The van der Waals surface area contributed by atoms with Gasteiger partial charge in [0.1, 0.15) is 11.5 Å². The standard InChI is InChI=1S/C23H32N4O4/c1-18-6-7-21(30-3)19(13-18)15-26-8-10-27(11-9-26)17-23(29)25(2)16-22(28)24-14-20-5-4-12-31-20/h4-7,12-13H,8-11,14-17H2,1-3H3,(H,24,28). The van der Waals surface area contributed by atoms with Gasteiger partial charge in [-0.15, -0.1) is 0 Å². The molecule has 1 fully saturated rings. The van der Waals surface area contributed by atoms with Crippen molar-refractivity contribution in [2.24, 2.45) is 0 Å². The smallest absolute Gasteiger partial charge is 0.239 e. The molecule has 0 aliphatic carbocycles. The lowest BCUT2D eigenvalue weighted by Gasteiger charge is -2.35. The van der Waals surface area contributed by atoms with Crippen LogP contribution in [-0.4, -0.2) is 79.9 Å². The van der Waals surface area contributed by atoms with Gasteiger partial charge in [-0.2, -0.15) is 0 Å². The van der Waals surface area contributed by atoms with E-state index in [0.29, 0.717) is 18.8 Å². The summed E-state index contributed by atoms with van der Waals surface area (Å²) >= 11 is 0. The summed E-state index contributed by atoms with van der Waals surface area (Å²) in [6, 6.07) is 9.80. The van der Waals surface area contributed by atoms with Crippen LogP contribution in [0.4, 0.5) is 0 Å². The minimum absolute atomic E-state index is 0.0344. The quantitative estimate of drug-likeness (QED) is 0.652. The van der Waals surface area contributed by atoms with E-state index in [0.717, 1.165) is 38.5 Å². The zero-order chi connectivity index (χ0) is 22.2. The Balaban J connectivity index is 1.39. The Bertz CT molecular complexity index is 860. The third-order valence-corrected chi connectivity index (χ3v) is 5.50. The van der Waals surface area contributed by atoms with Crippen molar-refractivity contribution >= 4 is 11.8 Å². The van der Waals surface area contributed by atoms with Gasteiger partial charge in [-0.1, -0.05) is 17.7 Å². The Hall–Kier alpha value is -2.84. The van der Waals surface area contributed by atoms with Gasteiger partial charge in [-0.3, -0.25) is 19.4 Å². The van der Waals surface area contributed by atoms with E-state index in [1.54, 1.807) is 32.6 Å². The molecule has 2 heterocycles. The van der Waals surface area contributed by atoms with E-state index in [9.17, 15) is 9.59 Å². The number of nitrogens with zero attached hydrogens (tertiary/aromatic N) is 3. The Kier molecular flexibility index (Phi) is 8.08. The summed E-state index contributed by atoms with van der Waals surface area (Å²) < 4.78 is 10.7. The fraction of sp³-hybridized carbons (Fsp3) is 0.478. The topological polar surface area (TPSA) is 78.3 Å². The Morgan fingerprint density at radius 1 is 1.16 bits per heavy atom. The molecule has 0 radical (unpaired) electrons. The molecule has 1 aliphatic rings. The van der Waals surface area contributed by atoms with Crippen molar-refractivity contribution < 1.29 is 18.7 Å². The van der Waals surface area contributed by atoms with E-state index < -0.39 is 0 Å². The second-order valence-electron chi connectivity index (χ2n) is 7.97. The van der Waals surface area contributed by atoms with Crippen LogP contribution in [0, 0.1) is 6.92 Å². The second kappa shape index (κ2) is 11.0. The molecule has 1 aliphatic heterocycles. The molecule has 1 aromatic heterocycles. The number of aryl methyl sites for hydroxylation is 1. The molecule has 2 amide bonds. The number of methoxy groups -OCH3 is 1. The lowest BCUT2D eigenvalue weighted by molar-refractivity contribution is -0.136. The number of benzene rings is 1. The highest BCUT2D eigenvalue weighted by Crippen LogP contribution is 2.22. The molecule has 8 heteroatoms. The fourth-order valence-corrected chi connectivity index (χ4v) is 3.65. The van der Waals surface area contributed by atoms with Crippen LogP contribution in [0.1, 0.15) is 16.9 Å². The fourth-order valence-electron chi connectivity index (χ4n) is 3.65. The number of piperazine rings is 1. The molecule has 1 N–H and O–H groups in total. The first-order valence-corrected chi connectivity index (χ1v) is 10.6. The normalized spacial score (nSPS) is 14.9. The molecule has 168 valence electrons. The maximum absolute atomic E-state index is 12.5. The zero-order valence-electron chi connectivity index (χ0n) is 18.6. The van der Waals surface area contributed by atoms with Crippen LogP contribution >= 0.6 is 0 Å². The van der Waals surface area contributed by atoms with Gasteiger partial charge in [-0.05, 0) is 25.1 Å². The minimum atomic E-state index is -0.204.